The fourth-order valence-electron chi connectivity index (χ4n) is 3.52. The Balaban J connectivity index is 1.29. The van der Waals surface area contributed by atoms with E-state index < -0.39 is 0 Å². The van der Waals surface area contributed by atoms with Crippen LogP contribution < -0.4 is 16.0 Å². The summed E-state index contributed by atoms with van der Waals surface area (Å²) in [7, 11) is 0. The number of hydrogen-bond acceptors (Lipinski definition) is 6. The van der Waals surface area contributed by atoms with E-state index in [0.29, 0.717) is 31.2 Å². The molecule has 1 aromatic heterocycles. The highest BCUT2D eigenvalue weighted by Crippen LogP contribution is 2.18. The van der Waals surface area contributed by atoms with E-state index in [1.54, 1.807) is 28.4 Å². The number of guanidine groups is 1. The van der Waals surface area contributed by atoms with Crippen molar-refractivity contribution < 1.29 is 9.59 Å². The molecular weight excluding hydrogens is 402 g/mol. The maximum absolute atomic E-state index is 12.5. The average Bonchev–Trinajstić information content (AvgIpc) is 3.32. The van der Waals surface area contributed by atoms with E-state index >= 15 is 0 Å². The molecule has 4 rings (SSSR count). The van der Waals surface area contributed by atoms with Crippen molar-refractivity contribution in [3.8, 4) is 0 Å². The SMILES string of the molecule is NC(=NCc1ccc(C(=O)N2CCNC(=O)C2)cc1)N1CCN(c2nccs2)CC1. The molecule has 3 heterocycles. The van der Waals surface area contributed by atoms with E-state index in [1.807, 2.05) is 23.7 Å². The number of nitrogens with one attached hydrogen (secondary N) is 1. The van der Waals surface area contributed by atoms with Gasteiger partial charge in [0.25, 0.3) is 5.91 Å². The lowest BCUT2D eigenvalue weighted by Gasteiger charge is -2.35. The molecule has 9 nitrogen and oxygen atoms in total. The van der Waals surface area contributed by atoms with E-state index in [2.05, 4.69) is 25.1 Å². The molecule has 2 aliphatic rings. The van der Waals surface area contributed by atoms with Crippen molar-refractivity contribution in [3.63, 3.8) is 0 Å². The van der Waals surface area contributed by atoms with Crippen molar-refractivity contribution in [1.82, 2.24) is 20.1 Å². The summed E-state index contributed by atoms with van der Waals surface area (Å²) in [6, 6.07) is 7.33. The van der Waals surface area contributed by atoms with Gasteiger partial charge in [0.15, 0.2) is 11.1 Å². The van der Waals surface area contributed by atoms with Gasteiger partial charge in [-0.3, -0.25) is 9.59 Å². The molecule has 2 amide bonds. The van der Waals surface area contributed by atoms with Crippen LogP contribution in [0.1, 0.15) is 15.9 Å². The average molecular weight is 428 g/mol. The van der Waals surface area contributed by atoms with Crippen LogP contribution in [0.5, 0.6) is 0 Å². The third-order valence-electron chi connectivity index (χ3n) is 5.24. The van der Waals surface area contributed by atoms with Gasteiger partial charge in [0.1, 0.15) is 0 Å². The van der Waals surface area contributed by atoms with Gasteiger partial charge in [0.2, 0.25) is 5.91 Å². The quantitative estimate of drug-likeness (QED) is 0.539. The monoisotopic (exact) mass is 427 g/mol. The van der Waals surface area contributed by atoms with Crippen LogP contribution in [0.15, 0.2) is 40.8 Å². The predicted octanol–water partition coefficient (Wildman–Crippen LogP) is 0.352. The molecule has 2 aromatic rings. The first-order chi connectivity index (χ1) is 14.6. The molecule has 0 aliphatic carbocycles. The third-order valence-corrected chi connectivity index (χ3v) is 6.08. The van der Waals surface area contributed by atoms with E-state index in [4.69, 9.17) is 5.73 Å². The molecule has 0 spiro atoms. The summed E-state index contributed by atoms with van der Waals surface area (Å²) in [5.74, 6) is 0.286. The van der Waals surface area contributed by atoms with Crippen molar-refractivity contribution in [1.29, 1.82) is 0 Å². The highest BCUT2D eigenvalue weighted by molar-refractivity contribution is 7.13. The zero-order valence-electron chi connectivity index (χ0n) is 16.7. The Morgan fingerprint density at radius 3 is 2.57 bits per heavy atom. The summed E-state index contributed by atoms with van der Waals surface area (Å²) in [6.45, 7) is 4.95. The first-order valence-corrected chi connectivity index (χ1v) is 10.8. The van der Waals surface area contributed by atoms with Crippen molar-refractivity contribution in [2.45, 2.75) is 6.54 Å². The largest absolute Gasteiger partial charge is 0.370 e. The number of thiazole rings is 1. The van der Waals surface area contributed by atoms with Crippen molar-refractivity contribution >= 4 is 34.2 Å². The second-order valence-corrected chi connectivity index (χ2v) is 8.11. The predicted molar refractivity (Wildman–Crippen MR) is 117 cm³/mol. The number of carbonyl (C=O) groups is 2. The number of piperazine rings is 2. The number of aliphatic imine (C=N–C) groups is 1. The summed E-state index contributed by atoms with van der Waals surface area (Å²) >= 11 is 1.65. The fourth-order valence-corrected chi connectivity index (χ4v) is 4.22. The molecule has 0 radical (unpaired) electrons. The molecule has 10 heteroatoms. The Bertz CT molecular complexity index is 906. The van der Waals surface area contributed by atoms with Crippen LogP contribution in [0.3, 0.4) is 0 Å². The molecule has 2 fully saturated rings. The van der Waals surface area contributed by atoms with E-state index in [1.165, 1.54) is 0 Å². The summed E-state index contributed by atoms with van der Waals surface area (Å²) in [5.41, 5.74) is 7.75. The number of benzene rings is 1. The summed E-state index contributed by atoms with van der Waals surface area (Å²) in [6.07, 6.45) is 1.82. The van der Waals surface area contributed by atoms with Crippen LogP contribution in [0.2, 0.25) is 0 Å². The lowest BCUT2D eigenvalue weighted by atomic mass is 10.1. The smallest absolute Gasteiger partial charge is 0.254 e. The van der Waals surface area contributed by atoms with Crippen LogP contribution in [0.4, 0.5) is 5.13 Å². The van der Waals surface area contributed by atoms with Gasteiger partial charge >= 0.3 is 0 Å². The second-order valence-electron chi connectivity index (χ2n) is 7.24. The minimum Gasteiger partial charge on any atom is -0.370 e. The number of rotatable bonds is 4. The molecule has 0 bridgehead atoms. The zero-order chi connectivity index (χ0) is 20.9. The normalized spacial score (nSPS) is 17.8. The molecule has 2 aliphatic heterocycles. The van der Waals surface area contributed by atoms with E-state index in [9.17, 15) is 9.59 Å². The zero-order valence-corrected chi connectivity index (χ0v) is 17.5. The van der Waals surface area contributed by atoms with Crippen LogP contribution in [0.25, 0.3) is 0 Å². The van der Waals surface area contributed by atoms with Crippen molar-refractivity contribution in [2.75, 3.05) is 50.7 Å². The fraction of sp³-hybridized carbons (Fsp3) is 0.400. The molecule has 30 heavy (non-hydrogen) atoms. The Labute approximate surface area is 179 Å². The summed E-state index contributed by atoms with van der Waals surface area (Å²) < 4.78 is 0. The Morgan fingerprint density at radius 2 is 1.90 bits per heavy atom. The molecule has 1 aromatic carbocycles. The highest BCUT2D eigenvalue weighted by atomic mass is 32.1. The Morgan fingerprint density at radius 1 is 1.13 bits per heavy atom. The van der Waals surface area contributed by atoms with Gasteiger partial charge in [-0.1, -0.05) is 12.1 Å². The maximum atomic E-state index is 12.5. The Kier molecular flexibility index (Phi) is 6.12. The van der Waals surface area contributed by atoms with E-state index in [-0.39, 0.29) is 18.4 Å². The summed E-state index contributed by atoms with van der Waals surface area (Å²) in [4.78, 5) is 38.8. The molecule has 0 unspecified atom stereocenters. The van der Waals surface area contributed by atoms with E-state index in [0.717, 1.165) is 36.9 Å². The van der Waals surface area contributed by atoms with Crippen molar-refractivity contribution in [3.05, 3.63) is 47.0 Å². The minimum absolute atomic E-state index is 0.108. The van der Waals surface area contributed by atoms with Gasteiger partial charge in [-0.15, -0.1) is 11.3 Å². The lowest BCUT2D eigenvalue weighted by Crippen LogP contribution is -2.51. The van der Waals surface area contributed by atoms with Crippen LogP contribution in [-0.4, -0.2) is 78.4 Å². The van der Waals surface area contributed by atoms with Gasteiger partial charge in [-0.2, -0.15) is 0 Å². The molecule has 0 saturated carbocycles. The molecule has 2 saturated heterocycles. The van der Waals surface area contributed by atoms with Gasteiger partial charge in [-0.05, 0) is 17.7 Å². The number of amides is 2. The van der Waals surface area contributed by atoms with Crippen LogP contribution >= 0.6 is 11.3 Å². The number of anilines is 1. The Hall–Kier alpha value is -3.14. The maximum Gasteiger partial charge on any atom is 0.254 e. The number of hydrogen-bond donors (Lipinski definition) is 2. The van der Waals surface area contributed by atoms with Crippen molar-refractivity contribution in [2.24, 2.45) is 10.7 Å². The standard InChI is InChI=1S/C20H25N7O2S/c21-19(25-8-10-26(11-9-25)20-23-6-12-30-20)24-13-15-1-3-16(4-2-15)18(29)27-7-5-22-17(28)14-27/h1-4,6,12H,5,7-11,13-14H2,(H2,21,24)(H,22,28). The first kappa shape index (κ1) is 20.1. The van der Waals surface area contributed by atoms with Gasteiger partial charge in [-0.25, -0.2) is 9.98 Å². The summed E-state index contributed by atoms with van der Waals surface area (Å²) in [5, 5.41) is 5.75. The van der Waals surface area contributed by atoms with Crippen LogP contribution in [-0.2, 0) is 11.3 Å². The van der Waals surface area contributed by atoms with Gasteiger partial charge in [0, 0.05) is 56.4 Å². The second kappa shape index (κ2) is 9.12. The molecule has 0 atom stereocenters. The molecular formula is C20H25N7O2S. The number of carbonyl (C=O) groups excluding carboxylic acids is 2. The topological polar surface area (TPSA) is 107 Å². The minimum atomic E-state index is -0.127. The number of aromatic nitrogens is 1. The third kappa shape index (κ3) is 4.70. The number of nitrogens with zero attached hydrogens (tertiary/aromatic N) is 5. The van der Waals surface area contributed by atoms with Gasteiger partial charge in [0.05, 0.1) is 13.1 Å². The van der Waals surface area contributed by atoms with Crippen LogP contribution in [0, 0.1) is 0 Å². The first-order valence-electron chi connectivity index (χ1n) is 9.94. The van der Waals surface area contributed by atoms with Gasteiger partial charge < -0.3 is 25.8 Å². The molecule has 3 N–H and O–H groups in total. The highest BCUT2D eigenvalue weighted by Gasteiger charge is 2.22. The lowest BCUT2D eigenvalue weighted by molar-refractivity contribution is -0.123. The molecule has 158 valence electrons. The number of nitrogens with two attached hydrogens (primary N) is 1.